The van der Waals surface area contributed by atoms with Gasteiger partial charge >= 0.3 is 6.18 Å². The van der Waals surface area contributed by atoms with Gasteiger partial charge in [0.2, 0.25) is 5.82 Å². The molecule has 0 unspecified atom stereocenters. The van der Waals surface area contributed by atoms with Crippen LogP contribution in [-0.2, 0) is 6.18 Å². The molecule has 0 radical (unpaired) electrons. The molecule has 0 saturated carbocycles. The number of anilines is 2. The van der Waals surface area contributed by atoms with Gasteiger partial charge in [-0.15, -0.1) is 0 Å². The van der Waals surface area contributed by atoms with E-state index in [1.807, 2.05) is 20.8 Å². The van der Waals surface area contributed by atoms with Crippen molar-refractivity contribution in [2.24, 2.45) is 0 Å². The normalized spacial score (nSPS) is 12.5. The smallest absolute Gasteiger partial charge is 0.384 e. The summed E-state index contributed by atoms with van der Waals surface area (Å²) in [6, 6.07) is 1.32. The van der Waals surface area contributed by atoms with Gasteiger partial charge in [-0.1, -0.05) is 20.8 Å². The molecule has 0 aliphatic carbocycles. The van der Waals surface area contributed by atoms with E-state index in [2.05, 4.69) is 15.3 Å². The monoisotopic (exact) mass is 276 g/mol. The molecule has 0 spiro atoms. The van der Waals surface area contributed by atoms with Crippen molar-refractivity contribution < 1.29 is 13.2 Å². The maximum Gasteiger partial charge on any atom is 0.451 e. The fraction of sp³-hybridized carbons (Fsp3) is 0.667. The van der Waals surface area contributed by atoms with Crippen LogP contribution in [0.25, 0.3) is 0 Å². The van der Waals surface area contributed by atoms with Crippen LogP contribution in [0, 0.1) is 0 Å². The molecule has 4 nitrogen and oxygen atoms in total. The summed E-state index contributed by atoms with van der Waals surface area (Å²) in [5.74, 6) is -1.29. The van der Waals surface area contributed by atoms with Crippen molar-refractivity contribution in [1.82, 2.24) is 9.97 Å². The third-order valence-corrected chi connectivity index (χ3v) is 3.42. The minimum Gasteiger partial charge on any atom is -0.384 e. The first kappa shape index (κ1) is 15.5. The van der Waals surface area contributed by atoms with Crippen LogP contribution in [0.3, 0.4) is 0 Å². The Hall–Kier alpha value is -1.53. The summed E-state index contributed by atoms with van der Waals surface area (Å²) < 4.78 is 37.9. The lowest BCUT2D eigenvalue weighted by Crippen LogP contribution is -2.36. The third-order valence-electron chi connectivity index (χ3n) is 3.42. The minimum atomic E-state index is -4.60. The van der Waals surface area contributed by atoms with E-state index >= 15 is 0 Å². The van der Waals surface area contributed by atoms with Gasteiger partial charge in [0.15, 0.2) is 0 Å². The number of aromatic nitrogens is 2. The van der Waals surface area contributed by atoms with Gasteiger partial charge in [-0.25, -0.2) is 9.97 Å². The summed E-state index contributed by atoms with van der Waals surface area (Å²) in [5, 5.41) is 3.06. The van der Waals surface area contributed by atoms with Crippen LogP contribution >= 0.6 is 0 Å². The molecule has 0 atom stereocenters. The fourth-order valence-electron chi connectivity index (χ4n) is 1.94. The van der Waals surface area contributed by atoms with E-state index in [0.29, 0.717) is 0 Å². The Bertz CT molecular complexity index is 419. The molecule has 0 saturated heterocycles. The summed E-state index contributed by atoms with van der Waals surface area (Å²) in [7, 11) is 0. The standard InChI is InChI=1S/C12H19F3N4/c1-4-11(5-2,6-3)19-9-7-8(16)17-10(18-9)12(13,14)15/h7H,4-6H2,1-3H3,(H3,16,17,18,19). The number of nitrogens with zero attached hydrogens (tertiary/aromatic N) is 2. The van der Waals surface area contributed by atoms with Gasteiger partial charge in [0, 0.05) is 11.6 Å². The Kier molecular flexibility index (Phi) is 4.60. The zero-order chi connectivity index (χ0) is 14.7. The van der Waals surface area contributed by atoms with Crippen LogP contribution < -0.4 is 11.1 Å². The van der Waals surface area contributed by atoms with E-state index in [1.165, 1.54) is 6.07 Å². The number of nitrogen functional groups attached to an aromatic ring is 1. The predicted octanol–water partition coefficient (Wildman–Crippen LogP) is 3.46. The van der Waals surface area contributed by atoms with Gasteiger partial charge in [0.25, 0.3) is 0 Å². The molecule has 3 N–H and O–H groups in total. The number of nitrogens with two attached hydrogens (primary N) is 1. The lowest BCUT2D eigenvalue weighted by Gasteiger charge is -2.32. The van der Waals surface area contributed by atoms with Gasteiger partial charge in [0.05, 0.1) is 0 Å². The van der Waals surface area contributed by atoms with E-state index < -0.39 is 12.0 Å². The van der Waals surface area contributed by atoms with Crippen molar-refractivity contribution in [3.8, 4) is 0 Å². The molecule has 1 heterocycles. The van der Waals surface area contributed by atoms with E-state index in [1.54, 1.807) is 0 Å². The molecule has 0 aromatic carbocycles. The fourth-order valence-corrected chi connectivity index (χ4v) is 1.94. The first-order valence-electron chi connectivity index (χ1n) is 6.26. The maximum atomic E-state index is 12.6. The van der Waals surface area contributed by atoms with Crippen LogP contribution in [0.1, 0.15) is 45.9 Å². The SMILES string of the molecule is CCC(CC)(CC)Nc1cc(N)nc(C(F)(F)F)n1. The largest absolute Gasteiger partial charge is 0.451 e. The zero-order valence-electron chi connectivity index (χ0n) is 11.3. The summed E-state index contributed by atoms with van der Waals surface area (Å²) in [6.07, 6.45) is -2.25. The Morgan fingerprint density at radius 2 is 1.63 bits per heavy atom. The molecule has 1 aromatic rings. The van der Waals surface area contributed by atoms with Gasteiger partial charge in [0.1, 0.15) is 11.6 Å². The maximum absolute atomic E-state index is 12.6. The highest BCUT2D eigenvalue weighted by molar-refractivity contribution is 5.46. The Morgan fingerprint density at radius 1 is 1.11 bits per heavy atom. The molecular formula is C12H19F3N4. The average Bonchev–Trinajstić information content (AvgIpc) is 2.34. The highest BCUT2D eigenvalue weighted by Crippen LogP contribution is 2.30. The highest BCUT2D eigenvalue weighted by atomic mass is 19.4. The van der Waals surface area contributed by atoms with E-state index in [0.717, 1.165) is 19.3 Å². The van der Waals surface area contributed by atoms with Crippen molar-refractivity contribution in [3.05, 3.63) is 11.9 Å². The summed E-state index contributed by atoms with van der Waals surface area (Å²) in [5.41, 5.74) is 5.13. The molecule has 7 heteroatoms. The molecule has 1 aromatic heterocycles. The summed E-state index contributed by atoms with van der Waals surface area (Å²) >= 11 is 0. The van der Waals surface area contributed by atoms with Gasteiger partial charge in [-0.2, -0.15) is 13.2 Å². The number of halogens is 3. The number of rotatable bonds is 5. The Morgan fingerprint density at radius 3 is 2.05 bits per heavy atom. The quantitative estimate of drug-likeness (QED) is 0.864. The second kappa shape index (κ2) is 5.63. The second-order valence-electron chi connectivity index (χ2n) is 4.47. The second-order valence-corrected chi connectivity index (χ2v) is 4.47. The van der Waals surface area contributed by atoms with Gasteiger partial charge < -0.3 is 11.1 Å². The summed E-state index contributed by atoms with van der Waals surface area (Å²) in [6.45, 7) is 5.94. The molecule has 0 fully saturated rings. The molecule has 0 amide bonds. The van der Waals surface area contributed by atoms with Crippen molar-refractivity contribution >= 4 is 11.6 Å². The highest BCUT2D eigenvalue weighted by Gasteiger charge is 2.36. The number of hydrogen-bond acceptors (Lipinski definition) is 4. The molecular weight excluding hydrogens is 257 g/mol. The van der Waals surface area contributed by atoms with Crippen LogP contribution in [0.2, 0.25) is 0 Å². The number of hydrogen-bond donors (Lipinski definition) is 2. The topological polar surface area (TPSA) is 63.8 Å². The van der Waals surface area contributed by atoms with Crippen LogP contribution in [0.4, 0.5) is 24.8 Å². The molecule has 108 valence electrons. The molecule has 0 aliphatic rings. The lowest BCUT2D eigenvalue weighted by molar-refractivity contribution is -0.144. The lowest BCUT2D eigenvalue weighted by atomic mass is 9.90. The van der Waals surface area contributed by atoms with E-state index in [-0.39, 0.29) is 17.2 Å². The first-order chi connectivity index (χ1) is 8.76. The third kappa shape index (κ3) is 3.71. The van der Waals surface area contributed by atoms with Crippen LogP contribution in [0.5, 0.6) is 0 Å². The molecule has 0 aliphatic heterocycles. The van der Waals surface area contributed by atoms with Gasteiger partial charge in [-0.05, 0) is 19.3 Å². The van der Waals surface area contributed by atoms with Crippen LogP contribution in [-0.4, -0.2) is 15.5 Å². The van der Waals surface area contributed by atoms with Crippen LogP contribution in [0.15, 0.2) is 6.07 Å². The zero-order valence-corrected chi connectivity index (χ0v) is 11.3. The van der Waals surface area contributed by atoms with Crippen molar-refractivity contribution in [1.29, 1.82) is 0 Å². The number of alkyl halides is 3. The molecule has 19 heavy (non-hydrogen) atoms. The van der Waals surface area contributed by atoms with Crippen molar-refractivity contribution in [2.75, 3.05) is 11.1 Å². The van der Waals surface area contributed by atoms with Gasteiger partial charge in [-0.3, -0.25) is 0 Å². The minimum absolute atomic E-state index is 0.116. The average molecular weight is 276 g/mol. The Labute approximate surface area is 110 Å². The molecule has 0 bridgehead atoms. The predicted molar refractivity (Wildman–Crippen MR) is 68.7 cm³/mol. The first-order valence-corrected chi connectivity index (χ1v) is 6.26. The Balaban J connectivity index is 3.11. The van der Waals surface area contributed by atoms with Crippen molar-refractivity contribution in [2.45, 2.75) is 51.7 Å². The number of nitrogens with one attached hydrogen (secondary N) is 1. The molecule has 1 rings (SSSR count). The summed E-state index contributed by atoms with van der Waals surface area (Å²) in [4.78, 5) is 6.72. The van der Waals surface area contributed by atoms with E-state index in [4.69, 9.17) is 5.73 Å². The van der Waals surface area contributed by atoms with Crippen molar-refractivity contribution in [3.63, 3.8) is 0 Å². The van der Waals surface area contributed by atoms with E-state index in [9.17, 15) is 13.2 Å².